The first-order chi connectivity index (χ1) is 9.34. The van der Waals surface area contributed by atoms with E-state index >= 15 is 0 Å². The monoisotopic (exact) mass is 254 g/mol. The van der Waals surface area contributed by atoms with Crippen LogP contribution in [0.4, 0.5) is 0 Å². The molecule has 3 heteroatoms. The van der Waals surface area contributed by atoms with Crippen LogP contribution in [0.25, 0.3) is 11.1 Å². The van der Waals surface area contributed by atoms with Crippen LogP contribution in [0.2, 0.25) is 0 Å². The average molecular weight is 254 g/mol. The second-order valence-electron chi connectivity index (χ2n) is 5.06. The van der Waals surface area contributed by atoms with Crippen molar-refractivity contribution >= 4 is 0 Å². The molecule has 1 aliphatic heterocycles. The van der Waals surface area contributed by atoms with Crippen molar-refractivity contribution in [3.05, 3.63) is 59.6 Å². The predicted molar refractivity (Wildman–Crippen MR) is 75.7 cm³/mol. The number of nitrogens with one attached hydrogen (secondary N) is 1. The number of pyridine rings is 1. The molecule has 0 saturated carbocycles. The van der Waals surface area contributed by atoms with Crippen LogP contribution in [-0.2, 0) is 0 Å². The minimum absolute atomic E-state index is 0.392. The van der Waals surface area contributed by atoms with Crippen molar-refractivity contribution in [2.45, 2.75) is 18.8 Å². The highest BCUT2D eigenvalue weighted by molar-refractivity contribution is 5.61. The van der Waals surface area contributed by atoms with Gasteiger partial charge in [-0.2, -0.15) is 4.73 Å². The first-order valence-corrected chi connectivity index (χ1v) is 6.84. The molecule has 0 amide bonds. The van der Waals surface area contributed by atoms with E-state index in [1.807, 2.05) is 36.4 Å². The van der Waals surface area contributed by atoms with Crippen LogP contribution >= 0.6 is 0 Å². The summed E-state index contributed by atoms with van der Waals surface area (Å²) in [7, 11) is 0. The number of nitrogens with zero attached hydrogens (tertiary/aromatic N) is 1. The highest BCUT2D eigenvalue weighted by Gasteiger charge is 2.22. The molecule has 0 spiro atoms. The zero-order chi connectivity index (χ0) is 13.1. The van der Waals surface area contributed by atoms with Gasteiger partial charge in [0, 0.05) is 17.5 Å². The van der Waals surface area contributed by atoms with E-state index in [1.54, 1.807) is 6.20 Å². The van der Waals surface area contributed by atoms with Gasteiger partial charge in [0.15, 0.2) is 11.9 Å². The zero-order valence-electron chi connectivity index (χ0n) is 10.9. The second-order valence-corrected chi connectivity index (χ2v) is 5.06. The third kappa shape index (κ3) is 2.61. The molecule has 1 saturated heterocycles. The lowest BCUT2D eigenvalue weighted by Gasteiger charge is -2.21. The third-order valence-electron chi connectivity index (χ3n) is 3.81. The quantitative estimate of drug-likeness (QED) is 0.660. The van der Waals surface area contributed by atoms with Crippen molar-refractivity contribution in [3.63, 3.8) is 0 Å². The highest BCUT2D eigenvalue weighted by atomic mass is 16.5. The predicted octanol–water partition coefficient (Wildman–Crippen LogP) is 2.45. The fraction of sp³-hybridized carbons (Fsp3) is 0.312. The van der Waals surface area contributed by atoms with E-state index in [2.05, 4.69) is 11.4 Å². The summed E-state index contributed by atoms with van der Waals surface area (Å²) in [6.07, 6.45) is 3.80. The maximum atomic E-state index is 12.2. The number of benzene rings is 1. The van der Waals surface area contributed by atoms with Gasteiger partial charge in [-0.1, -0.05) is 30.3 Å². The summed E-state index contributed by atoms with van der Waals surface area (Å²) < 4.78 is 1.05. The Labute approximate surface area is 113 Å². The Morgan fingerprint density at radius 3 is 2.37 bits per heavy atom. The number of hydrogen-bond acceptors (Lipinski definition) is 2. The smallest absolute Gasteiger partial charge is 0.195 e. The molecule has 1 aromatic heterocycles. The Morgan fingerprint density at radius 2 is 1.68 bits per heavy atom. The molecule has 0 unspecified atom stereocenters. The first kappa shape index (κ1) is 12.2. The summed E-state index contributed by atoms with van der Waals surface area (Å²) in [5, 5.41) is 15.5. The maximum absolute atomic E-state index is 12.2. The van der Waals surface area contributed by atoms with Crippen molar-refractivity contribution in [2.75, 3.05) is 13.1 Å². The summed E-state index contributed by atoms with van der Waals surface area (Å²) in [5.74, 6) is 0.392. The summed E-state index contributed by atoms with van der Waals surface area (Å²) in [6.45, 7) is 2.01. The molecule has 0 aliphatic carbocycles. The van der Waals surface area contributed by atoms with Gasteiger partial charge in [0.1, 0.15) is 0 Å². The molecule has 1 aromatic carbocycles. The van der Waals surface area contributed by atoms with E-state index in [0.717, 1.165) is 47.5 Å². The van der Waals surface area contributed by atoms with E-state index in [0.29, 0.717) is 5.92 Å². The Morgan fingerprint density at radius 1 is 0.947 bits per heavy atom. The van der Waals surface area contributed by atoms with Gasteiger partial charge in [-0.05, 0) is 37.6 Å². The van der Waals surface area contributed by atoms with E-state index in [4.69, 9.17) is 0 Å². The van der Waals surface area contributed by atoms with Gasteiger partial charge in [-0.25, -0.2) is 0 Å². The van der Waals surface area contributed by atoms with Gasteiger partial charge in [-0.15, -0.1) is 0 Å². The van der Waals surface area contributed by atoms with Crippen LogP contribution in [0.3, 0.4) is 0 Å². The van der Waals surface area contributed by atoms with E-state index in [9.17, 15) is 5.21 Å². The molecular weight excluding hydrogens is 236 g/mol. The lowest BCUT2D eigenvalue weighted by molar-refractivity contribution is -0.615. The molecule has 1 N–H and O–H groups in total. The minimum Gasteiger partial charge on any atom is -0.618 e. The average Bonchev–Trinajstić information content (AvgIpc) is 2.49. The normalized spacial score (nSPS) is 16.4. The van der Waals surface area contributed by atoms with Crippen LogP contribution in [0.1, 0.15) is 24.5 Å². The topological polar surface area (TPSA) is 39.0 Å². The molecule has 19 heavy (non-hydrogen) atoms. The molecule has 3 nitrogen and oxygen atoms in total. The summed E-state index contributed by atoms with van der Waals surface area (Å²) in [6, 6.07) is 14.1. The molecule has 0 atom stereocenters. The van der Waals surface area contributed by atoms with Crippen molar-refractivity contribution < 1.29 is 4.73 Å². The van der Waals surface area contributed by atoms with E-state index < -0.39 is 0 Å². The Balaban J connectivity index is 1.89. The lowest BCUT2D eigenvalue weighted by atomic mass is 9.93. The van der Waals surface area contributed by atoms with Crippen LogP contribution in [-0.4, -0.2) is 13.1 Å². The first-order valence-electron chi connectivity index (χ1n) is 6.84. The van der Waals surface area contributed by atoms with Gasteiger partial charge in [0.05, 0.1) is 0 Å². The van der Waals surface area contributed by atoms with Gasteiger partial charge < -0.3 is 10.5 Å². The molecule has 2 aromatic rings. The van der Waals surface area contributed by atoms with Gasteiger partial charge in [0.2, 0.25) is 0 Å². The number of aromatic nitrogens is 1. The number of piperidine rings is 1. The Kier molecular flexibility index (Phi) is 3.47. The largest absolute Gasteiger partial charge is 0.618 e. The van der Waals surface area contributed by atoms with Crippen molar-refractivity contribution in [1.82, 2.24) is 5.32 Å². The SMILES string of the molecule is [O-][n+]1cc(-c2ccccc2)ccc1C1CCNCC1. The molecule has 1 aliphatic rings. The Bertz CT molecular complexity index is 548. The maximum Gasteiger partial charge on any atom is 0.195 e. The van der Waals surface area contributed by atoms with Crippen molar-refractivity contribution in [1.29, 1.82) is 0 Å². The van der Waals surface area contributed by atoms with Crippen LogP contribution in [0.15, 0.2) is 48.7 Å². The zero-order valence-corrected chi connectivity index (χ0v) is 10.9. The Hall–Kier alpha value is -1.87. The summed E-state index contributed by atoms with van der Waals surface area (Å²) in [5.41, 5.74) is 2.97. The molecule has 98 valence electrons. The molecule has 0 radical (unpaired) electrons. The van der Waals surface area contributed by atoms with Gasteiger partial charge >= 0.3 is 0 Å². The molecule has 0 bridgehead atoms. The van der Waals surface area contributed by atoms with Crippen LogP contribution in [0, 0.1) is 5.21 Å². The van der Waals surface area contributed by atoms with E-state index in [1.165, 1.54) is 0 Å². The van der Waals surface area contributed by atoms with Gasteiger partial charge in [0.25, 0.3) is 0 Å². The van der Waals surface area contributed by atoms with Gasteiger partial charge in [-0.3, -0.25) is 0 Å². The molecule has 1 fully saturated rings. The summed E-state index contributed by atoms with van der Waals surface area (Å²) in [4.78, 5) is 0. The number of rotatable bonds is 2. The van der Waals surface area contributed by atoms with Crippen molar-refractivity contribution in [3.8, 4) is 11.1 Å². The minimum atomic E-state index is 0.392. The lowest BCUT2D eigenvalue weighted by Crippen LogP contribution is -2.37. The third-order valence-corrected chi connectivity index (χ3v) is 3.81. The molecule has 3 rings (SSSR count). The highest BCUT2D eigenvalue weighted by Crippen LogP contribution is 2.24. The van der Waals surface area contributed by atoms with Crippen LogP contribution < -0.4 is 10.0 Å². The fourth-order valence-electron chi connectivity index (χ4n) is 2.73. The molecular formula is C16H18N2O. The second kappa shape index (κ2) is 5.41. The van der Waals surface area contributed by atoms with Crippen LogP contribution in [0.5, 0.6) is 0 Å². The summed E-state index contributed by atoms with van der Waals surface area (Å²) >= 11 is 0. The fourth-order valence-corrected chi connectivity index (χ4v) is 2.73. The standard InChI is InChI=1S/C16H18N2O/c19-18-12-15(13-4-2-1-3-5-13)6-7-16(18)14-8-10-17-11-9-14/h1-7,12,14,17H,8-11H2. The molecule has 2 heterocycles. The van der Waals surface area contributed by atoms with Crippen molar-refractivity contribution in [2.24, 2.45) is 0 Å². The number of hydrogen-bond donors (Lipinski definition) is 1. The van der Waals surface area contributed by atoms with E-state index in [-0.39, 0.29) is 0 Å².